The Morgan fingerprint density at radius 1 is 1.31 bits per heavy atom. The van der Waals surface area contributed by atoms with E-state index >= 15 is 0 Å². The van der Waals surface area contributed by atoms with Gasteiger partial charge < -0.3 is 10.1 Å². The molecule has 3 rings (SSSR count). The number of rotatable bonds is 3. The van der Waals surface area contributed by atoms with Crippen molar-refractivity contribution < 1.29 is 14.3 Å². The summed E-state index contributed by atoms with van der Waals surface area (Å²) in [4.78, 5) is 28.7. The van der Waals surface area contributed by atoms with E-state index in [1.165, 1.54) is 0 Å². The van der Waals surface area contributed by atoms with Gasteiger partial charge in [0.2, 0.25) is 5.91 Å². The number of benzene rings is 1. The summed E-state index contributed by atoms with van der Waals surface area (Å²) in [6.07, 6.45) is 7.18. The van der Waals surface area contributed by atoms with Gasteiger partial charge in [-0.05, 0) is 57.8 Å². The van der Waals surface area contributed by atoms with E-state index in [1.54, 1.807) is 37.5 Å². The molecule has 0 radical (unpaired) electrons. The van der Waals surface area contributed by atoms with Gasteiger partial charge in [-0.15, -0.1) is 0 Å². The third-order valence-electron chi connectivity index (χ3n) is 4.32. The highest BCUT2D eigenvalue weighted by atomic mass is 79.9. The van der Waals surface area contributed by atoms with Gasteiger partial charge in [0.15, 0.2) is 0 Å². The van der Waals surface area contributed by atoms with Gasteiger partial charge in [-0.1, -0.05) is 19.9 Å². The van der Waals surface area contributed by atoms with E-state index in [9.17, 15) is 9.59 Å². The number of nitrogens with zero attached hydrogens (tertiary/aromatic N) is 1. The second-order valence-corrected chi connectivity index (χ2v) is 7.27. The average molecular weight is 415 g/mol. The maximum absolute atomic E-state index is 12.6. The van der Waals surface area contributed by atoms with Crippen molar-refractivity contribution >= 4 is 33.5 Å². The van der Waals surface area contributed by atoms with Gasteiger partial charge in [0.25, 0.3) is 5.91 Å². The molecule has 134 valence electrons. The molecule has 1 heterocycles. The van der Waals surface area contributed by atoms with Crippen LogP contribution in [-0.2, 0) is 4.79 Å². The number of hydrogen-bond donors (Lipinski definition) is 1. The zero-order valence-corrected chi connectivity index (χ0v) is 16.3. The first-order valence-electron chi connectivity index (χ1n) is 8.28. The predicted octanol–water partition coefficient (Wildman–Crippen LogP) is 3.82. The number of methoxy groups -OCH3 is 1. The van der Waals surface area contributed by atoms with E-state index in [0.717, 1.165) is 11.3 Å². The Morgan fingerprint density at radius 2 is 2.08 bits per heavy atom. The van der Waals surface area contributed by atoms with Crippen molar-refractivity contribution in [3.8, 4) is 5.75 Å². The molecule has 0 aromatic heterocycles. The van der Waals surface area contributed by atoms with E-state index < -0.39 is 0 Å². The van der Waals surface area contributed by atoms with Crippen LogP contribution in [0.2, 0.25) is 0 Å². The molecular formula is C20H19BrN2O3. The summed E-state index contributed by atoms with van der Waals surface area (Å²) in [5, 5.41) is 2.85. The van der Waals surface area contributed by atoms with Crippen LogP contribution in [0.3, 0.4) is 0 Å². The lowest BCUT2D eigenvalue weighted by atomic mass is 9.82. The minimum Gasteiger partial charge on any atom is -0.497 e. The molecule has 0 saturated heterocycles. The average Bonchev–Trinajstić information content (AvgIpc) is 2.60. The van der Waals surface area contributed by atoms with E-state index in [4.69, 9.17) is 4.74 Å². The smallest absolute Gasteiger partial charge is 0.278 e. The van der Waals surface area contributed by atoms with Crippen LogP contribution in [0.1, 0.15) is 24.2 Å². The highest BCUT2D eigenvalue weighted by molar-refractivity contribution is 9.10. The van der Waals surface area contributed by atoms with Crippen molar-refractivity contribution in [3.63, 3.8) is 0 Å². The Hall–Kier alpha value is -2.47. The minimum absolute atomic E-state index is 0.0188. The Balaban J connectivity index is 1.91. The second kappa shape index (κ2) is 7.41. The molecule has 1 aliphatic carbocycles. The zero-order chi connectivity index (χ0) is 18.8. The van der Waals surface area contributed by atoms with Crippen molar-refractivity contribution in [2.75, 3.05) is 7.11 Å². The monoisotopic (exact) mass is 414 g/mol. The van der Waals surface area contributed by atoms with Crippen molar-refractivity contribution in [1.29, 1.82) is 0 Å². The molecule has 0 bridgehead atoms. The number of ether oxygens (including phenoxy) is 1. The zero-order valence-electron chi connectivity index (χ0n) is 14.7. The first-order chi connectivity index (χ1) is 12.4. The fourth-order valence-corrected chi connectivity index (χ4v) is 3.40. The van der Waals surface area contributed by atoms with Crippen molar-refractivity contribution in [2.45, 2.75) is 13.8 Å². The van der Waals surface area contributed by atoms with Crippen LogP contribution in [0.5, 0.6) is 5.75 Å². The molecule has 1 aromatic rings. The molecule has 0 saturated carbocycles. The fraction of sp³-hybridized carbons (Fsp3) is 0.250. The van der Waals surface area contributed by atoms with Gasteiger partial charge in [0.05, 0.1) is 18.4 Å². The summed E-state index contributed by atoms with van der Waals surface area (Å²) in [6, 6.07) is 5.15. The maximum atomic E-state index is 12.6. The molecule has 0 spiro atoms. The molecule has 1 unspecified atom stereocenters. The number of aliphatic imine (C=N–C) groups is 1. The summed E-state index contributed by atoms with van der Waals surface area (Å²) in [5.74, 6) is 0.332. The Bertz CT molecular complexity index is 894. The van der Waals surface area contributed by atoms with Crippen LogP contribution in [0.15, 0.2) is 63.2 Å². The summed E-state index contributed by atoms with van der Waals surface area (Å²) < 4.78 is 5.81. The van der Waals surface area contributed by atoms with Crippen molar-refractivity contribution in [3.05, 3.63) is 63.8 Å². The summed E-state index contributed by atoms with van der Waals surface area (Å²) in [5.41, 5.74) is 2.72. The molecule has 6 heteroatoms. The fourth-order valence-electron chi connectivity index (χ4n) is 2.99. The van der Waals surface area contributed by atoms with Gasteiger partial charge in [-0.3, -0.25) is 9.59 Å². The molecule has 5 nitrogen and oxygen atoms in total. The number of amides is 2. The largest absolute Gasteiger partial charge is 0.497 e. The molecule has 1 N–H and O–H groups in total. The van der Waals surface area contributed by atoms with Crippen LogP contribution in [0.4, 0.5) is 0 Å². The van der Waals surface area contributed by atoms with Gasteiger partial charge in [0.1, 0.15) is 5.75 Å². The van der Waals surface area contributed by atoms with Crippen molar-refractivity contribution in [2.24, 2.45) is 16.8 Å². The lowest BCUT2D eigenvalue weighted by Crippen LogP contribution is -2.34. The van der Waals surface area contributed by atoms with E-state index in [0.29, 0.717) is 21.5 Å². The topological polar surface area (TPSA) is 67.8 Å². The third kappa shape index (κ3) is 3.70. The third-order valence-corrected chi connectivity index (χ3v) is 5.02. The number of carbonyl (C=O) groups excluding carboxylic acids is 2. The molecule has 2 aliphatic rings. The normalized spacial score (nSPS) is 20.4. The highest BCUT2D eigenvalue weighted by Crippen LogP contribution is 2.32. The highest BCUT2D eigenvalue weighted by Gasteiger charge is 2.28. The number of nitrogens with one attached hydrogen (secondary N) is 1. The van der Waals surface area contributed by atoms with Crippen LogP contribution < -0.4 is 10.1 Å². The lowest BCUT2D eigenvalue weighted by Gasteiger charge is -2.29. The van der Waals surface area contributed by atoms with E-state index in [-0.39, 0.29) is 23.7 Å². The number of hydrogen-bond acceptors (Lipinski definition) is 3. The molecule has 26 heavy (non-hydrogen) atoms. The minimum atomic E-state index is -0.382. The molecule has 0 fully saturated rings. The van der Waals surface area contributed by atoms with Gasteiger partial charge >= 0.3 is 0 Å². The van der Waals surface area contributed by atoms with Crippen LogP contribution >= 0.6 is 15.9 Å². The Labute approximate surface area is 160 Å². The van der Waals surface area contributed by atoms with Gasteiger partial charge in [-0.2, -0.15) is 0 Å². The van der Waals surface area contributed by atoms with Gasteiger partial charge in [-0.25, -0.2) is 4.99 Å². The van der Waals surface area contributed by atoms with Crippen LogP contribution in [0.25, 0.3) is 0 Å². The number of allylic oxidation sites excluding steroid dienone is 3. The number of carbonyl (C=O) groups is 2. The summed E-state index contributed by atoms with van der Waals surface area (Å²) >= 11 is 3.37. The summed E-state index contributed by atoms with van der Waals surface area (Å²) in [6.45, 7) is 4.12. The van der Waals surface area contributed by atoms with E-state index in [1.807, 2.05) is 12.2 Å². The van der Waals surface area contributed by atoms with E-state index in [2.05, 4.69) is 40.1 Å². The Morgan fingerprint density at radius 3 is 2.77 bits per heavy atom. The quantitative estimate of drug-likeness (QED) is 0.816. The SMILES string of the molecule is COc1ccc(Br)c(C(=O)N=C2C=CC3C(=C2)NC(=O)C=C3C(C)C)c1. The lowest BCUT2D eigenvalue weighted by molar-refractivity contribution is -0.116. The number of fused-ring (bicyclic) bond motifs is 1. The second-order valence-electron chi connectivity index (χ2n) is 6.41. The molecule has 1 aromatic carbocycles. The Kier molecular flexibility index (Phi) is 5.23. The first-order valence-corrected chi connectivity index (χ1v) is 9.07. The van der Waals surface area contributed by atoms with Gasteiger partial charge in [0, 0.05) is 22.2 Å². The predicted molar refractivity (Wildman–Crippen MR) is 104 cm³/mol. The van der Waals surface area contributed by atoms with Crippen molar-refractivity contribution in [1.82, 2.24) is 5.32 Å². The maximum Gasteiger partial charge on any atom is 0.278 e. The molecule has 1 atom stereocenters. The molecule has 2 amide bonds. The molecular weight excluding hydrogens is 396 g/mol. The molecule has 1 aliphatic heterocycles. The number of halogens is 1. The first kappa shape index (κ1) is 18.3. The standard InChI is InChI=1S/C20H19BrN2O3/c1-11(2)15-10-19(24)23-18-8-12(4-6-14(15)18)22-20(25)16-9-13(26-3)5-7-17(16)21/h4-11,14H,1-3H3,(H,23,24). The van der Waals surface area contributed by atoms with Crippen LogP contribution in [-0.4, -0.2) is 24.6 Å². The summed E-state index contributed by atoms with van der Waals surface area (Å²) in [7, 11) is 1.55. The van der Waals surface area contributed by atoms with Crippen LogP contribution in [0, 0.1) is 11.8 Å².